The monoisotopic (exact) mass is 336 g/mol. The molecule has 0 saturated carbocycles. The van der Waals surface area contributed by atoms with Crippen molar-refractivity contribution in [3.8, 4) is 11.4 Å². The smallest absolute Gasteiger partial charge is 0.230 e. The van der Waals surface area contributed by atoms with Crippen molar-refractivity contribution in [1.29, 1.82) is 0 Å². The average Bonchev–Trinajstić information content (AvgIpc) is 2.91. The van der Waals surface area contributed by atoms with E-state index in [2.05, 4.69) is 22.4 Å². The lowest BCUT2D eigenvalue weighted by molar-refractivity contribution is -0.118. The number of benzene rings is 1. The van der Waals surface area contributed by atoms with Gasteiger partial charge in [0, 0.05) is 19.2 Å². The highest BCUT2D eigenvalue weighted by Gasteiger charge is 2.12. The molecule has 0 aliphatic rings. The van der Waals surface area contributed by atoms with Crippen LogP contribution in [-0.2, 0) is 11.8 Å². The summed E-state index contributed by atoms with van der Waals surface area (Å²) in [7, 11) is 1.83. The number of nitrogens with one attached hydrogen (secondary N) is 1. The molecule has 1 N–H and O–H groups in total. The summed E-state index contributed by atoms with van der Waals surface area (Å²) in [5.41, 5.74) is 0.789. The van der Waals surface area contributed by atoms with E-state index in [0.717, 1.165) is 24.8 Å². The molecule has 124 valence electrons. The second kappa shape index (κ2) is 8.67. The molecular formula is C16H21FN4OS. The molecule has 0 unspecified atom stereocenters. The number of thioether (sulfide) groups is 1. The molecule has 0 radical (unpaired) electrons. The molecule has 1 heterocycles. The Kier molecular flexibility index (Phi) is 6.58. The van der Waals surface area contributed by atoms with E-state index >= 15 is 0 Å². The van der Waals surface area contributed by atoms with E-state index in [1.165, 1.54) is 23.9 Å². The third-order valence-electron chi connectivity index (χ3n) is 3.37. The number of amides is 1. The van der Waals surface area contributed by atoms with Gasteiger partial charge in [-0.3, -0.25) is 4.79 Å². The van der Waals surface area contributed by atoms with E-state index in [9.17, 15) is 9.18 Å². The van der Waals surface area contributed by atoms with Gasteiger partial charge in [-0.25, -0.2) is 4.39 Å². The molecule has 1 aromatic heterocycles. The van der Waals surface area contributed by atoms with E-state index in [1.54, 1.807) is 12.1 Å². The summed E-state index contributed by atoms with van der Waals surface area (Å²) in [6, 6.07) is 6.10. The molecule has 2 aromatic rings. The molecule has 5 nitrogen and oxygen atoms in total. The number of aromatic nitrogens is 3. The van der Waals surface area contributed by atoms with E-state index in [1.807, 2.05) is 11.6 Å². The Balaban J connectivity index is 1.89. The van der Waals surface area contributed by atoms with E-state index in [0.29, 0.717) is 23.3 Å². The second-order valence-corrected chi connectivity index (χ2v) is 6.16. The average molecular weight is 336 g/mol. The van der Waals surface area contributed by atoms with Crippen molar-refractivity contribution in [3.05, 3.63) is 30.1 Å². The molecule has 0 spiro atoms. The maximum atomic E-state index is 13.0. The van der Waals surface area contributed by atoms with E-state index in [4.69, 9.17) is 0 Å². The molecular weight excluding hydrogens is 315 g/mol. The first-order valence-electron chi connectivity index (χ1n) is 7.66. The van der Waals surface area contributed by atoms with Crippen molar-refractivity contribution in [2.24, 2.45) is 7.05 Å². The number of rotatable bonds is 8. The van der Waals surface area contributed by atoms with E-state index < -0.39 is 0 Å². The molecule has 23 heavy (non-hydrogen) atoms. The SMILES string of the molecule is CCCCCNC(=O)CSc1nnc(-c2ccc(F)cc2)n1C. The van der Waals surface area contributed by atoms with Gasteiger partial charge in [0.15, 0.2) is 11.0 Å². The molecule has 7 heteroatoms. The molecule has 0 fully saturated rings. The molecule has 0 aliphatic carbocycles. The lowest BCUT2D eigenvalue weighted by atomic mass is 10.2. The normalized spacial score (nSPS) is 10.7. The van der Waals surface area contributed by atoms with E-state index in [-0.39, 0.29) is 11.7 Å². The highest BCUT2D eigenvalue weighted by atomic mass is 32.2. The number of nitrogens with zero attached hydrogens (tertiary/aromatic N) is 3. The molecule has 0 bridgehead atoms. The summed E-state index contributed by atoms with van der Waals surface area (Å²) < 4.78 is 14.8. The van der Waals surface area contributed by atoms with Gasteiger partial charge in [-0.15, -0.1) is 10.2 Å². The predicted octanol–water partition coefficient (Wildman–Crippen LogP) is 3.02. The number of carbonyl (C=O) groups excluding carboxylic acids is 1. The van der Waals surface area contributed by atoms with Crippen LogP contribution in [0.5, 0.6) is 0 Å². The summed E-state index contributed by atoms with van der Waals surface area (Å²) in [5.74, 6) is 0.667. The largest absolute Gasteiger partial charge is 0.355 e. The second-order valence-electron chi connectivity index (χ2n) is 5.22. The van der Waals surface area contributed by atoms with Crippen LogP contribution >= 0.6 is 11.8 Å². The first kappa shape index (κ1) is 17.5. The summed E-state index contributed by atoms with van der Waals surface area (Å²) >= 11 is 1.34. The van der Waals surface area contributed by atoms with Crippen LogP contribution in [0.15, 0.2) is 29.4 Å². The fourth-order valence-corrected chi connectivity index (χ4v) is 2.82. The minimum absolute atomic E-state index is 0.00237. The summed E-state index contributed by atoms with van der Waals surface area (Å²) in [6.07, 6.45) is 3.26. The van der Waals surface area contributed by atoms with Crippen LogP contribution in [0.3, 0.4) is 0 Å². The highest BCUT2D eigenvalue weighted by Crippen LogP contribution is 2.22. The maximum Gasteiger partial charge on any atom is 0.230 e. The molecule has 0 aliphatic heterocycles. The quantitative estimate of drug-likeness (QED) is 0.595. The van der Waals surface area contributed by atoms with Gasteiger partial charge in [0.05, 0.1) is 5.75 Å². The van der Waals surface area contributed by atoms with Gasteiger partial charge in [0.25, 0.3) is 0 Å². The van der Waals surface area contributed by atoms with Crippen molar-refractivity contribution in [2.45, 2.75) is 31.3 Å². The van der Waals surface area contributed by atoms with Gasteiger partial charge >= 0.3 is 0 Å². The van der Waals surface area contributed by atoms with Gasteiger partial charge in [0.2, 0.25) is 5.91 Å². The van der Waals surface area contributed by atoms with Crippen LogP contribution in [0.2, 0.25) is 0 Å². The van der Waals surface area contributed by atoms with Gasteiger partial charge < -0.3 is 9.88 Å². The van der Waals surface area contributed by atoms with Crippen molar-refractivity contribution in [1.82, 2.24) is 20.1 Å². The Morgan fingerprint density at radius 2 is 2.00 bits per heavy atom. The van der Waals surface area contributed by atoms with Crippen molar-refractivity contribution in [3.63, 3.8) is 0 Å². The van der Waals surface area contributed by atoms with Crippen LogP contribution in [0, 0.1) is 5.82 Å². The Hall–Kier alpha value is -1.89. The molecule has 0 atom stereocenters. The Morgan fingerprint density at radius 1 is 1.26 bits per heavy atom. The van der Waals surface area contributed by atoms with Crippen LogP contribution in [0.4, 0.5) is 4.39 Å². The fraction of sp³-hybridized carbons (Fsp3) is 0.438. The Bertz CT molecular complexity index is 642. The summed E-state index contributed by atoms with van der Waals surface area (Å²) in [4.78, 5) is 11.8. The molecule has 1 aromatic carbocycles. The highest BCUT2D eigenvalue weighted by molar-refractivity contribution is 7.99. The zero-order chi connectivity index (χ0) is 16.7. The summed E-state index contributed by atoms with van der Waals surface area (Å²) in [5, 5.41) is 11.8. The first-order valence-corrected chi connectivity index (χ1v) is 8.65. The van der Waals surface area contributed by atoms with Crippen molar-refractivity contribution in [2.75, 3.05) is 12.3 Å². The molecule has 0 saturated heterocycles. The first-order chi connectivity index (χ1) is 11.1. The van der Waals surface area contributed by atoms with Crippen LogP contribution in [-0.4, -0.2) is 33.0 Å². The topological polar surface area (TPSA) is 59.8 Å². The zero-order valence-corrected chi connectivity index (χ0v) is 14.2. The van der Waals surface area contributed by atoms with Gasteiger partial charge in [-0.1, -0.05) is 31.5 Å². The number of hydrogen-bond donors (Lipinski definition) is 1. The van der Waals surface area contributed by atoms with Gasteiger partial charge in [-0.05, 0) is 30.7 Å². The number of carbonyl (C=O) groups is 1. The molecule has 1 amide bonds. The maximum absolute atomic E-state index is 13.0. The lowest BCUT2D eigenvalue weighted by Gasteiger charge is -2.05. The molecule has 2 rings (SSSR count). The minimum Gasteiger partial charge on any atom is -0.355 e. The Morgan fingerprint density at radius 3 is 2.70 bits per heavy atom. The fourth-order valence-electron chi connectivity index (χ4n) is 2.07. The number of hydrogen-bond acceptors (Lipinski definition) is 4. The lowest BCUT2D eigenvalue weighted by Crippen LogP contribution is -2.26. The number of halogens is 1. The predicted molar refractivity (Wildman–Crippen MR) is 89.7 cm³/mol. The third kappa shape index (κ3) is 5.06. The zero-order valence-electron chi connectivity index (χ0n) is 13.4. The Labute approximate surface area is 139 Å². The van der Waals surface area contributed by atoms with Crippen LogP contribution in [0.25, 0.3) is 11.4 Å². The van der Waals surface area contributed by atoms with Crippen molar-refractivity contribution >= 4 is 17.7 Å². The minimum atomic E-state index is -0.287. The number of unbranched alkanes of at least 4 members (excludes halogenated alkanes) is 2. The van der Waals surface area contributed by atoms with Gasteiger partial charge in [0.1, 0.15) is 5.82 Å². The third-order valence-corrected chi connectivity index (χ3v) is 4.39. The van der Waals surface area contributed by atoms with Crippen molar-refractivity contribution < 1.29 is 9.18 Å². The van der Waals surface area contributed by atoms with Crippen LogP contribution in [0.1, 0.15) is 26.2 Å². The van der Waals surface area contributed by atoms with Gasteiger partial charge in [-0.2, -0.15) is 0 Å². The standard InChI is InChI=1S/C16H21FN4OS/c1-3-4-5-10-18-14(22)11-23-16-20-19-15(21(16)2)12-6-8-13(17)9-7-12/h6-9H,3-5,10-11H2,1-2H3,(H,18,22). The summed E-state index contributed by atoms with van der Waals surface area (Å²) in [6.45, 7) is 2.84. The van der Waals surface area contributed by atoms with Crippen LogP contribution < -0.4 is 5.32 Å².